The molecule has 0 amide bonds. The zero-order valence-electron chi connectivity index (χ0n) is 11.8. The topological polar surface area (TPSA) is 70.1 Å². The molecule has 2 N–H and O–H groups in total. The van der Waals surface area contributed by atoms with Gasteiger partial charge in [-0.1, -0.05) is 19.1 Å². The van der Waals surface area contributed by atoms with Crippen molar-refractivity contribution in [2.75, 3.05) is 7.11 Å². The van der Waals surface area contributed by atoms with E-state index >= 15 is 0 Å². The molecule has 0 unspecified atom stereocenters. The molecule has 5 nitrogen and oxygen atoms in total. The largest absolute Gasteiger partial charge is 0.496 e. The fraction of sp³-hybridized carbons (Fsp3) is 0.333. The number of nitrogens with two attached hydrogens (primary N) is 1. The Kier molecular flexibility index (Phi) is 4.53. The Hall–Kier alpha value is -2.14. The van der Waals surface area contributed by atoms with Crippen LogP contribution in [0.15, 0.2) is 35.1 Å². The summed E-state index contributed by atoms with van der Waals surface area (Å²) < 4.78 is 6.82. The summed E-state index contributed by atoms with van der Waals surface area (Å²) in [5, 5.41) is 4.42. The zero-order valence-corrected chi connectivity index (χ0v) is 11.8. The molecule has 106 valence electrons. The van der Waals surface area contributed by atoms with Gasteiger partial charge in [-0.2, -0.15) is 5.10 Å². The van der Waals surface area contributed by atoms with E-state index in [1.165, 1.54) is 4.68 Å². The Labute approximate surface area is 118 Å². The molecule has 0 aliphatic heterocycles. The molecule has 0 aliphatic carbocycles. The summed E-state index contributed by atoms with van der Waals surface area (Å²) in [6, 6.07) is 9.34. The Bertz CT molecular complexity index is 650. The molecule has 0 fully saturated rings. The van der Waals surface area contributed by atoms with Crippen LogP contribution in [0.2, 0.25) is 0 Å². The lowest BCUT2D eigenvalue weighted by Crippen LogP contribution is -2.28. The summed E-state index contributed by atoms with van der Waals surface area (Å²) in [6.07, 6.45) is 0.840. The monoisotopic (exact) mass is 273 g/mol. The lowest BCUT2D eigenvalue weighted by molar-refractivity contribution is 0.416. The number of aromatic nitrogens is 2. The summed E-state index contributed by atoms with van der Waals surface area (Å²) in [5.74, 6) is 0.727. The molecule has 0 radical (unpaired) electrons. The molecule has 2 aromatic rings. The number of para-hydroxylation sites is 1. The standard InChI is InChI=1S/C15H19N3O2/c1-3-8-18-15(19)11(10-16)9-13(17-18)12-6-4-5-7-14(12)20-2/h4-7,9H,3,8,10,16H2,1-2H3. The van der Waals surface area contributed by atoms with Crippen molar-refractivity contribution >= 4 is 0 Å². The first-order chi connectivity index (χ1) is 9.71. The van der Waals surface area contributed by atoms with Gasteiger partial charge < -0.3 is 10.5 Å². The maximum atomic E-state index is 12.1. The lowest BCUT2D eigenvalue weighted by atomic mass is 10.1. The van der Waals surface area contributed by atoms with Crippen molar-refractivity contribution in [2.45, 2.75) is 26.4 Å². The third-order valence-corrected chi connectivity index (χ3v) is 3.09. The van der Waals surface area contributed by atoms with Gasteiger partial charge in [-0.3, -0.25) is 4.79 Å². The first-order valence-electron chi connectivity index (χ1n) is 6.65. The molecule has 1 heterocycles. The predicted octanol–water partition coefficient (Wildman–Crippen LogP) is 1.79. The molecule has 5 heteroatoms. The zero-order chi connectivity index (χ0) is 14.5. The van der Waals surface area contributed by atoms with Gasteiger partial charge in [0.15, 0.2) is 0 Å². The minimum absolute atomic E-state index is 0.118. The van der Waals surface area contributed by atoms with Crippen molar-refractivity contribution in [3.63, 3.8) is 0 Å². The maximum Gasteiger partial charge on any atom is 0.271 e. The predicted molar refractivity (Wildman–Crippen MR) is 78.7 cm³/mol. The third-order valence-electron chi connectivity index (χ3n) is 3.09. The van der Waals surface area contributed by atoms with E-state index < -0.39 is 0 Å². The van der Waals surface area contributed by atoms with Crippen LogP contribution in [0, 0.1) is 0 Å². The highest BCUT2D eigenvalue weighted by molar-refractivity contribution is 5.67. The van der Waals surface area contributed by atoms with Crippen LogP contribution in [0.4, 0.5) is 0 Å². The summed E-state index contributed by atoms with van der Waals surface area (Å²) in [7, 11) is 1.62. The second kappa shape index (κ2) is 6.34. The fourth-order valence-corrected chi connectivity index (χ4v) is 2.09. The Morgan fingerprint density at radius 1 is 1.35 bits per heavy atom. The minimum atomic E-state index is -0.118. The van der Waals surface area contributed by atoms with Crippen molar-refractivity contribution in [1.29, 1.82) is 0 Å². The maximum absolute atomic E-state index is 12.1. The molecular weight excluding hydrogens is 254 g/mol. The van der Waals surface area contributed by atoms with E-state index in [4.69, 9.17) is 10.5 Å². The second-order valence-corrected chi connectivity index (χ2v) is 4.49. The molecule has 20 heavy (non-hydrogen) atoms. The van der Waals surface area contributed by atoms with E-state index in [1.54, 1.807) is 13.2 Å². The molecule has 0 bridgehead atoms. The fourth-order valence-electron chi connectivity index (χ4n) is 2.09. The minimum Gasteiger partial charge on any atom is -0.496 e. The normalized spacial score (nSPS) is 10.6. The van der Waals surface area contributed by atoms with Gasteiger partial charge in [0.2, 0.25) is 0 Å². The van der Waals surface area contributed by atoms with Gasteiger partial charge in [0, 0.05) is 24.2 Å². The van der Waals surface area contributed by atoms with Crippen LogP contribution in [-0.4, -0.2) is 16.9 Å². The van der Waals surface area contributed by atoms with Crippen LogP contribution in [0.3, 0.4) is 0 Å². The number of methoxy groups -OCH3 is 1. The van der Waals surface area contributed by atoms with Crippen molar-refractivity contribution in [3.05, 3.63) is 46.2 Å². The van der Waals surface area contributed by atoms with Gasteiger partial charge in [0.05, 0.1) is 12.8 Å². The van der Waals surface area contributed by atoms with Gasteiger partial charge in [-0.15, -0.1) is 0 Å². The van der Waals surface area contributed by atoms with Crippen molar-refractivity contribution < 1.29 is 4.74 Å². The number of ether oxygens (including phenoxy) is 1. The summed E-state index contributed by atoms with van der Waals surface area (Å²) >= 11 is 0. The quantitative estimate of drug-likeness (QED) is 0.901. The number of rotatable bonds is 5. The average molecular weight is 273 g/mol. The van der Waals surface area contributed by atoms with Crippen LogP contribution in [0.25, 0.3) is 11.3 Å². The van der Waals surface area contributed by atoms with Crippen LogP contribution in [0.5, 0.6) is 5.75 Å². The molecule has 0 saturated heterocycles. The van der Waals surface area contributed by atoms with Crippen LogP contribution < -0.4 is 16.0 Å². The van der Waals surface area contributed by atoms with E-state index in [1.807, 2.05) is 31.2 Å². The summed E-state index contributed by atoms with van der Waals surface area (Å²) in [5.41, 5.74) is 7.67. The Morgan fingerprint density at radius 3 is 2.75 bits per heavy atom. The number of hydrogen-bond donors (Lipinski definition) is 1. The van der Waals surface area contributed by atoms with Crippen LogP contribution >= 0.6 is 0 Å². The second-order valence-electron chi connectivity index (χ2n) is 4.49. The van der Waals surface area contributed by atoms with Gasteiger partial charge in [-0.05, 0) is 24.6 Å². The highest BCUT2D eigenvalue weighted by Crippen LogP contribution is 2.27. The lowest BCUT2D eigenvalue weighted by Gasteiger charge is -2.11. The summed E-state index contributed by atoms with van der Waals surface area (Å²) in [6.45, 7) is 2.79. The third kappa shape index (κ3) is 2.72. The van der Waals surface area contributed by atoms with E-state index in [9.17, 15) is 4.79 Å². The number of aryl methyl sites for hydroxylation is 1. The van der Waals surface area contributed by atoms with Crippen molar-refractivity contribution in [2.24, 2.45) is 5.73 Å². The highest BCUT2D eigenvalue weighted by atomic mass is 16.5. The first kappa shape index (κ1) is 14.3. The molecule has 0 saturated carbocycles. The molecular formula is C15H19N3O2. The Morgan fingerprint density at radius 2 is 2.10 bits per heavy atom. The van der Waals surface area contributed by atoms with Gasteiger partial charge in [0.25, 0.3) is 5.56 Å². The van der Waals surface area contributed by atoms with E-state index in [0.29, 0.717) is 17.8 Å². The smallest absolute Gasteiger partial charge is 0.271 e. The molecule has 2 rings (SSSR count). The van der Waals surface area contributed by atoms with Gasteiger partial charge in [0.1, 0.15) is 5.75 Å². The van der Waals surface area contributed by atoms with E-state index in [0.717, 1.165) is 17.7 Å². The molecule has 0 aliphatic rings. The average Bonchev–Trinajstić information content (AvgIpc) is 2.49. The molecule has 0 spiro atoms. The molecule has 1 aromatic heterocycles. The molecule has 0 atom stereocenters. The van der Waals surface area contributed by atoms with Crippen molar-refractivity contribution in [1.82, 2.24) is 9.78 Å². The van der Waals surface area contributed by atoms with Crippen molar-refractivity contribution in [3.8, 4) is 17.0 Å². The van der Waals surface area contributed by atoms with Gasteiger partial charge >= 0.3 is 0 Å². The van der Waals surface area contributed by atoms with E-state index in [-0.39, 0.29) is 12.1 Å². The Balaban J connectivity index is 2.62. The van der Waals surface area contributed by atoms with Crippen LogP contribution in [-0.2, 0) is 13.1 Å². The number of nitrogens with zero attached hydrogens (tertiary/aromatic N) is 2. The first-order valence-corrected chi connectivity index (χ1v) is 6.65. The van der Waals surface area contributed by atoms with E-state index in [2.05, 4.69) is 5.10 Å². The van der Waals surface area contributed by atoms with Gasteiger partial charge in [-0.25, -0.2) is 4.68 Å². The molecule has 1 aromatic carbocycles. The SMILES string of the molecule is CCCn1nc(-c2ccccc2OC)cc(CN)c1=O. The number of hydrogen-bond acceptors (Lipinski definition) is 4. The summed E-state index contributed by atoms with van der Waals surface area (Å²) in [4.78, 5) is 12.1. The number of benzene rings is 1. The highest BCUT2D eigenvalue weighted by Gasteiger charge is 2.11. The van der Waals surface area contributed by atoms with Crippen LogP contribution in [0.1, 0.15) is 18.9 Å².